The monoisotopic (exact) mass is 346 g/mol. The molecule has 1 heterocycles. The van der Waals surface area contributed by atoms with Gasteiger partial charge in [0.15, 0.2) is 0 Å². The minimum atomic E-state index is 0.0203. The van der Waals surface area contributed by atoms with E-state index in [0.717, 1.165) is 24.4 Å². The van der Waals surface area contributed by atoms with Crippen molar-refractivity contribution in [1.82, 2.24) is 10.2 Å². The fourth-order valence-corrected chi connectivity index (χ4v) is 3.59. The molecule has 0 bridgehead atoms. The van der Waals surface area contributed by atoms with Crippen LogP contribution in [-0.2, 0) is 11.2 Å². The third kappa shape index (κ3) is 4.82. The lowest BCUT2D eigenvalue weighted by Crippen LogP contribution is -2.38. The van der Waals surface area contributed by atoms with Crippen LogP contribution in [0.4, 0.5) is 0 Å². The second kappa shape index (κ2) is 9.45. The van der Waals surface area contributed by atoms with Crippen LogP contribution < -0.4 is 10.1 Å². The molecule has 0 radical (unpaired) electrons. The van der Waals surface area contributed by atoms with Crippen LogP contribution in [0, 0.1) is 0 Å². The maximum Gasteiger partial charge on any atom is 0.224 e. The van der Waals surface area contributed by atoms with Crippen LogP contribution in [0.3, 0.4) is 0 Å². The van der Waals surface area contributed by atoms with Gasteiger partial charge in [0.2, 0.25) is 5.91 Å². The fourth-order valence-electron chi connectivity index (χ4n) is 2.88. The fraction of sp³-hybridized carbons (Fsp3) is 0.421. The number of hydrogen-bond acceptors (Lipinski definition) is 4. The topological polar surface area (TPSA) is 41.6 Å². The number of nitrogens with one attached hydrogen (secondary N) is 1. The minimum absolute atomic E-state index is 0.0203. The minimum Gasteiger partial charge on any atom is -0.496 e. The van der Waals surface area contributed by atoms with E-state index in [-0.39, 0.29) is 11.9 Å². The standard InChI is InChI=1S/C19H26N2O2S/c1-4-21(5-2)17(16-10-11-24-14-16)13-20-19(22)12-15-8-6-7-9-18(15)23-3/h6-11,14,17H,4-5,12-13H2,1-3H3,(H,20,22)/t17-/m1/s1. The third-order valence-corrected chi connectivity index (χ3v) is 4.92. The van der Waals surface area contributed by atoms with Crippen molar-refractivity contribution in [3.63, 3.8) is 0 Å². The maximum atomic E-state index is 12.4. The Kier molecular flexibility index (Phi) is 7.28. The number of para-hydroxylation sites is 1. The zero-order chi connectivity index (χ0) is 17.4. The van der Waals surface area contributed by atoms with Crippen LogP contribution in [0.15, 0.2) is 41.1 Å². The van der Waals surface area contributed by atoms with E-state index in [1.165, 1.54) is 5.56 Å². The van der Waals surface area contributed by atoms with E-state index >= 15 is 0 Å². The van der Waals surface area contributed by atoms with E-state index in [1.807, 2.05) is 24.3 Å². The van der Waals surface area contributed by atoms with Crippen LogP contribution in [0.1, 0.15) is 31.0 Å². The van der Waals surface area contributed by atoms with E-state index in [9.17, 15) is 4.79 Å². The maximum absolute atomic E-state index is 12.4. The highest BCUT2D eigenvalue weighted by atomic mass is 32.1. The number of likely N-dealkylation sites (N-methyl/N-ethyl adjacent to an activating group) is 1. The quantitative estimate of drug-likeness (QED) is 0.755. The van der Waals surface area contributed by atoms with Gasteiger partial charge in [-0.05, 0) is 41.5 Å². The molecule has 0 saturated carbocycles. The van der Waals surface area contributed by atoms with Gasteiger partial charge in [0.25, 0.3) is 0 Å². The van der Waals surface area contributed by atoms with Crippen LogP contribution in [0.5, 0.6) is 5.75 Å². The molecule has 1 amide bonds. The third-order valence-electron chi connectivity index (χ3n) is 4.22. The Morgan fingerprint density at radius 3 is 2.62 bits per heavy atom. The lowest BCUT2D eigenvalue weighted by Gasteiger charge is -2.29. The Labute approximate surface area is 148 Å². The SMILES string of the molecule is CCN(CC)[C@H](CNC(=O)Cc1ccccc1OC)c1ccsc1. The van der Waals surface area contributed by atoms with E-state index in [2.05, 4.69) is 40.9 Å². The van der Waals surface area contributed by atoms with Crippen LogP contribution in [-0.4, -0.2) is 37.6 Å². The Hall–Kier alpha value is -1.85. The van der Waals surface area contributed by atoms with Crippen molar-refractivity contribution in [1.29, 1.82) is 0 Å². The average Bonchev–Trinajstić information content (AvgIpc) is 3.13. The Morgan fingerprint density at radius 2 is 2.00 bits per heavy atom. The molecule has 1 N–H and O–H groups in total. The molecule has 24 heavy (non-hydrogen) atoms. The second-order valence-corrected chi connectivity index (χ2v) is 6.37. The molecule has 0 aliphatic heterocycles. The van der Waals surface area contributed by atoms with Crippen molar-refractivity contribution in [3.05, 3.63) is 52.2 Å². The Morgan fingerprint density at radius 1 is 1.25 bits per heavy atom. The molecule has 1 aromatic carbocycles. The number of carbonyl (C=O) groups excluding carboxylic acids is 1. The number of ether oxygens (including phenoxy) is 1. The molecule has 4 nitrogen and oxygen atoms in total. The van der Waals surface area contributed by atoms with Crippen LogP contribution in [0.2, 0.25) is 0 Å². The van der Waals surface area contributed by atoms with Gasteiger partial charge in [0.1, 0.15) is 5.75 Å². The van der Waals surface area contributed by atoms with Gasteiger partial charge in [0.05, 0.1) is 19.6 Å². The van der Waals surface area contributed by atoms with Gasteiger partial charge >= 0.3 is 0 Å². The number of hydrogen-bond donors (Lipinski definition) is 1. The van der Waals surface area contributed by atoms with Gasteiger partial charge in [-0.3, -0.25) is 9.69 Å². The molecule has 1 aromatic heterocycles. The van der Waals surface area contributed by atoms with Crippen molar-refractivity contribution in [2.24, 2.45) is 0 Å². The van der Waals surface area contributed by atoms with Crippen molar-refractivity contribution >= 4 is 17.2 Å². The largest absolute Gasteiger partial charge is 0.496 e. The van der Waals surface area contributed by atoms with Crippen molar-refractivity contribution in [2.75, 3.05) is 26.7 Å². The molecule has 2 aromatic rings. The first-order valence-electron chi connectivity index (χ1n) is 8.34. The summed E-state index contributed by atoms with van der Waals surface area (Å²) in [5.74, 6) is 0.776. The second-order valence-electron chi connectivity index (χ2n) is 5.59. The van der Waals surface area contributed by atoms with Crippen molar-refractivity contribution in [3.8, 4) is 5.75 Å². The van der Waals surface area contributed by atoms with Gasteiger partial charge in [-0.1, -0.05) is 32.0 Å². The highest BCUT2D eigenvalue weighted by Gasteiger charge is 2.19. The molecule has 0 saturated heterocycles. The van der Waals surface area contributed by atoms with Crippen LogP contribution >= 0.6 is 11.3 Å². The first kappa shape index (κ1) is 18.5. The van der Waals surface area contributed by atoms with Crippen molar-refractivity contribution < 1.29 is 9.53 Å². The summed E-state index contributed by atoms with van der Waals surface area (Å²) < 4.78 is 5.32. The number of thiophene rings is 1. The number of methoxy groups -OCH3 is 1. The summed E-state index contributed by atoms with van der Waals surface area (Å²) in [6.45, 7) is 6.84. The first-order chi connectivity index (χ1) is 11.7. The number of benzene rings is 1. The number of amides is 1. The summed E-state index contributed by atoms with van der Waals surface area (Å²) in [6.07, 6.45) is 0.332. The molecule has 5 heteroatoms. The van der Waals surface area contributed by atoms with Gasteiger partial charge in [-0.15, -0.1) is 0 Å². The molecule has 0 aliphatic carbocycles. The molecule has 0 spiro atoms. The zero-order valence-corrected chi connectivity index (χ0v) is 15.4. The molecular formula is C19H26N2O2S. The molecule has 1 atom stereocenters. The first-order valence-corrected chi connectivity index (χ1v) is 9.28. The molecule has 2 rings (SSSR count). The van der Waals surface area contributed by atoms with Gasteiger partial charge < -0.3 is 10.1 Å². The summed E-state index contributed by atoms with van der Waals surface area (Å²) in [4.78, 5) is 14.7. The Balaban J connectivity index is 1.99. The lowest BCUT2D eigenvalue weighted by atomic mass is 10.1. The summed E-state index contributed by atoms with van der Waals surface area (Å²) in [6, 6.07) is 10.0. The lowest BCUT2D eigenvalue weighted by molar-refractivity contribution is -0.120. The van der Waals surface area contributed by atoms with Gasteiger partial charge in [0, 0.05) is 12.1 Å². The summed E-state index contributed by atoms with van der Waals surface area (Å²) in [7, 11) is 1.63. The smallest absolute Gasteiger partial charge is 0.224 e. The molecule has 0 fully saturated rings. The molecule has 0 aliphatic rings. The number of nitrogens with zero attached hydrogens (tertiary/aromatic N) is 1. The zero-order valence-electron chi connectivity index (χ0n) is 14.6. The van der Waals surface area contributed by atoms with E-state index in [4.69, 9.17) is 4.74 Å². The normalized spacial score (nSPS) is 12.2. The predicted molar refractivity (Wildman–Crippen MR) is 99.7 cm³/mol. The highest BCUT2D eigenvalue weighted by molar-refractivity contribution is 7.07. The van der Waals surface area contributed by atoms with E-state index in [0.29, 0.717) is 13.0 Å². The van der Waals surface area contributed by atoms with E-state index < -0.39 is 0 Å². The van der Waals surface area contributed by atoms with Crippen LogP contribution in [0.25, 0.3) is 0 Å². The predicted octanol–water partition coefficient (Wildman–Crippen LogP) is 3.50. The number of rotatable bonds is 9. The number of carbonyl (C=O) groups is 1. The van der Waals surface area contributed by atoms with Crippen molar-refractivity contribution in [2.45, 2.75) is 26.3 Å². The molecular weight excluding hydrogens is 320 g/mol. The van der Waals surface area contributed by atoms with Gasteiger partial charge in [-0.2, -0.15) is 11.3 Å². The summed E-state index contributed by atoms with van der Waals surface area (Å²) >= 11 is 1.69. The molecule has 130 valence electrons. The summed E-state index contributed by atoms with van der Waals surface area (Å²) in [5, 5.41) is 7.34. The Bertz CT molecular complexity index is 624. The molecule has 0 unspecified atom stereocenters. The van der Waals surface area contributed by atoms with E-state index in [1.54, 1.807) is 18.4 Å². The highest BCUT2D eigenvalue weighted by Crippen LogP contribution is 2.22. The summed E-state index contributed by atoms with van der Waals surface area (Å²) in [5.41, 5.74) is 2.17. The van der Waals surface area contributed by atoms with Gasteiger partial charge in [-0.25, -0.2) is 0 Å². The average molecular weight is 346 g/mol.